The third kappa shape index (κ3) is 5.74. The van der Waals surface area contributed by atoms with Crippen LogP contribution in [-0.2, 0) is 19.4 Å². The van der Waals surface area contributed by atoms with Crippen molar-refractivity contribution in [1.29, 1.82) is 0 Å². The van der Waals surface area contributed by atoms with E-state index in [0.717, 1.165) is 42.6 Å². The lowest BCUT2D eigenvalue weighted by Crippen LogP contribution is -2.33. The second-order valence-corrected chi connectivity index (χ2v) is 8.50. The number of nitrogens with zero attached hydrogens (tertiary/aromatic N) is 3. The van der Waals surface area contributed by atoms with Crippen LogP contribution in [0.1, 0.15) is 39.7 Å². The number of nitrogens with one attached hydrogen (secondary N) is 1. The summed E-state index contributed by atoms with van der Waals surface area (Å²) in [6.45, 7) is 3.35. The maximum Gasteiger partial charge on any atom is 0.273 e. The molecule has 3 aromatic rings. The number of carbonyl (C=O) groups excluding carboxylic acids is 1. The lowest BCUT2D eigenvalue weighted by atomic mass is 9.90. The van der Waals surface area contributed by atoms with Gasteiger partial charge in [0.1, 0.15) is 0 Å². The molecule has 0 radical (unpaired) electrons. The Morgan fingerprint density at radius 2 is 2.07 bits per heavy atom. The number of hydrogen-bond acceptors (Lipinski definition) is 6. The molecule has 0 bridgehead atoms. The predicted molar refractivity (Wildman–Crippen MR) is 113 cm³/mol. The van der Waals surface area contributed by atoms with Gasteiger partial charge in [0.15, 0.2) is 11.5 Å². The van der Waals surface area contributed by atoms with Gasteiger partial charge in [-0.1, -0.05) is 35.5 Å². The van der Waals surface area contributed by atoms with E-state index in [1.54, 1.807) is 23.6 Å². The second-order valence-electron chi connectivity index (χ2n) is 7.52. The average Bonchev–Trinajstić information content (AvgIpc) is 3.42. The van der Waals surface area contributed by atoms with Gasteiger partial charge in [0.25, 0.3) is 5.91 Å². The molecule has 1 N–H and O–H groups in total. The molecule has 0 unspecified atom stereocenters. The molecular formula is C22H26N4O2S. The molecule has 0 spiro atoms. The topological polar surface area (TPSA) is 71.3 Å². The summed E-state index contributed by atoms with van der Waals surface area (Å²) in [6, 6.07) is 12.5. The Hall–Kier alpha value is -2.51. The highest BCUT2D eigenvalue weighted by Gasteiger charge is 2.21. The van der Waals surface area contributed by atoms with Crippen molar-refractivity contribution in [2.24, 2.45) is 5.92 Å². The van der Waals surface area contributed by atoms with E-state index >= 15 is 0 Å². The van der Waals surface area contributed by atoms with Gasteiger partial charge < -0.3 is 9.84 Å². The Balaban J connectivity index is 1.20. The molecule has 1 amide bonds. The SMILES string of the molecule is O=C(NCCc1nccs1)c1cc(CN2CCC(Cc3ccccc3)CC2)on1. The summed E-state index contributed by atoms with van der Waals surface area (Å²) in [5.74, 6) is 1.29. The minimum atomic E-state index is -0.196. The molecule has 1 aliphatic rings. The van der Waals surface area contributed by atoms with Gasteiger partial charge in [-0.2, -0.15) is 0 Å². The Kier molecular flexibility index (Phi) is 6.69. The standard InChI is InChI=1S/C22H26N4O2S/c27-22(24-9-6-21-23-10-13-29-21)20-15-19(28-25-20)16-26-11-7-18(8-12-26)14-17-4-2-1-3-5-17/h1-5,10,13,15,18H,6-9,11-12,14,16H2,(H,24,27). The zero-order valence-corrected chi connectivity index (χ0v) is 17.2. The largest absolute Gasteiger partial charge is 0.359 e. The molecule has 2 aromatic heterocycles. The molecule has 3 heterocycles. The Morgan fingerprint density at radius 1 is 1.24 bits per heavy atom. The number of rotatable bonds is 8. The van der Waals surface area contributed by atoms with E-state index in [9.17, 15) is 4.79 Å². The van der Waals surface area contributed by atoms with Crippen molar-refractivity contribution in [3.8, 4) is 0 Å². The second kappa shape index (κ2) is 9.80. The van der Waals surface area contributed by atoms with Crippen LogP contribution >= 0.6 is 11.3 Å². The summed E-state index contributed by atoms with van der Waals surface area (Å²) in [4.78, 5) is 18.8. The third-order valence-corrected chi connectivity index (χ3v) is 6.19. The van der Waals surface area contributed by atoms with Crippen LogP contribution in [0.3, 0.4) is 0 Å². The van der Waals surface area contributed by atoms with E-state index in [1.807, 2.05) is 5.38 Å². The van der Waals surface area contributed by atoms with E-state index in [2.05, 4.69) is 50.7 Å². The van der Waals surface area contributed by atoms with Gasteiger partial charge in [0.2, 0.25) is 0 Å². The quantitative estimate of drug-likeness (QED) is 0.615. The predicted octanol–water partition coefficient (Wildman–Crippen LogP) is 3.56. The molecule has 6 nitrogen and oxygen atoms in total. The summed E-state index contributed by atoms with van der Waals surface area (Å²) in [5, 5.41) is 9.77. The highest BCUT2D eigenvalue weighted by atomic mass is 32.1. The van der Waals surface area contributed by atoms with Crippen molar-refractivity contribution in [2.75, 3.05) is 19.6 Å². The molecule has 4 rings (SSSR count). The highest BCUT2D eigenvalue weighted by Crippen LogP contribution is 2.23. The van der Waals surface area contributed by atoms with Crippen LogP contribution in [0.15, 0.2) is 52.5 Å². The van der Waals surface area contributed by atoms with Crippen LogP contribution in [0, 0.1) is 5.92 Å². The van der Waals surface area contributed by atoms with Gasteiger partial charge in [0, 0.05) is 30.6 Å². The van der Waals surface area contributed by atoms with Crippen LogP contribution in [0.2, 0.25) is 0 Å². The summed E-state index contributed by atoms with van der Waals surface area (Å²) < 4.78 is 5.40. The van der Waals surface area contributed by atoms with Gasteiger partial charge >= 0.3 is 0 Å². The van der Waals surface area contributed by atoms with Crippen molar-refractivity contribution in [1.82, 2.24) is 20.4 Å². The Labute approximate surface area is 174 Å². The van der Waals surface area contributed by atoms with Gasteiger partial charge in [-0.25, -0.2) is 4.98 Å². The van der Waals surface area contributed by atoms with Gasteiger partial charge in [-0.15, -0.1) is 11.3 Å². The molecule has 0 saturated carbocycles. The first-order valence-electron chi connectivity index (χ1n) is 10.1. The normalized spacial score (nSPS) is 15.4. The highest BCUT2D eigenvalue weighted by molar-refractivity contribution is 7.09. The van der Waals surface area contributed by atoms with Crippen molar-refractivity contribution < 1.29 is 9.32 Å². The number of aromatic nitrogens is 2. The maximum atomic E-state index is 12.2. The lowest BCUT2D eigenvalue weighted by Gasteiger charge is -2.31. The lowest BCUT2D eigenvalue weighted by molar-refractivity contribution is 0.0944. The smallest absolute Gasteiger partial charge is 0.273 e. The molecule has 1 aliphatic heterocycles. The van der Waals surface area contributed by atoms with Crippen LogP contribution in [0.5, 0.6) is 0 Å². The van der Waals surface area contributed by atoms with Crippen molar-refractivity contribution in [3.05, 3.63) is 70.0 Å². The number of piperidine rings is 1. The van der Waals surface area contributed by atoms with Gasteiger partial charge in [0.05, 0.1) is 11.6 Å². The number of thiazole rings is 1. The molecule has 152 valence electrons. The Bertz CT molecular complexity index is 887. The number of likely N-dealkylation sites (tertiary alicyclic amines) is 1. The fourth-order valence-corrected chi connectivity index (χ4v) is 4.38. The summed E-state index contributed by atoms with van der Waals surface area (Å²) >= 11 is 1.59. The third-order valence-electron chi connectivity index (χ3n) is 5.35. The zero-order valence-electron chi connectivity index (χ0n) is 16.4. The van der Waals surface area contributed by atoms with Crippen molar-refractivity contribution in [2.45, 2.75) is 32.2 Å². The van der Waals surface area contributed by atoms with Crippen molar-refractivity contribution >= 4 is 17.2 Å². The van der Waals surface area contributed by atoms with Crippen LogP contribution in [0.4, 0.5) is 0 Å². The average molecular weight is 411 g/mol. The summed E-state index contributed by atoms with van der Waals surface area (Å²) in [6.07, 6.45) is 6.03. The van der Waals surface area contributed by atoms with Crippen LogP contribution < -0.4 is 5.32 Å². The van der Waals surface area contributed by atoms with Crippen LogP contribution in [0.25, 0.3) is 0 Å². The number of hydrogen-bond donors (Lipinski definition) is 1. The minimum absolute atomic E-state index is 0.196. The first-order chi connectivity index (χ1) is 14.3. The van der Waals surface area contributed by atoms with E-state index in [0.29, 0.717) is 18.8 Å². The molecule has 1 fully saturated rings. The first-order valence-corrected chi connectivity index (χ1v) is 11.0. The first kappa shape index (κ1) is 19.8. The Morgan fingerprint density at radius 3 is 2.83 bits per heavy atom. The zero-order chi connectivity index (χ0) is 19.9. The van der Waals surface area contributed by atoms with Gasteiger partial charge in [-0.05, 0) is 43.8 Å². The molecule has 0 atom stereocenters. The molecule has 29 heavy (non-hydrogen) atoms. The van der Waals surface area contributed by atoms with Crippen LogP contribution in [-0.4, -0.2) is 40.6 Å². The molecule has 1 aromatic carbocycles. The maximum absolute atomic E-state index is 12.2. The number of carbonyl (C=O) groups is 1. The fraction of sp³-hybridized carbons (Fsp3) is 0.409. The van der Waals surface area contributed by atoms with E-state index in [-0.39, 0.29) is 5.91 Å². The van der Waals surface area contributed by atoms with E-state index in [1.165, 1.54) is 18.4 Å². The summed E-state index contributed by atoms with van der Waals surface area (Å²) in [5.41, 5.74) is 1.77. The van der Waals surface area contributed by atoms with Crippen molar-refractivity contribution in [3.63, 3.8) is 0 Å². The fourth-order valence-electron chi connectivity index (χ4n) is 3.76. The van der Waals surface area contributed by atoms with E-state index < -0.39 is 0 Å². The monoisotopic (exact) mass is 410 g/mol. The molecule has 1 saturated heterocycles. The number of benzene rings is 1. The molecule has 7 heteroatoms. The summed E-state index contributed by atoms with van der Waals surface area (Å²) in [7, 11) is 0. The minimum Gasteiger partial charge on any atom is -0.359 e. The molecule has 0 aliphatic carbocycles. The van der Waals surface area contributed by atoms with E-state index in [4.69, 9.17) is 4.52 Å². The number of amides is 1. The molecular weight excluding hydrogens is 384 g/mol. The van der Waals surface area contributed by atoms with Gasteiger partial charge in [-0.3, -0.25) is 9.69 Å².